The molecule has 0 aliphatic carbocycles. The minimum Gasteiger partial charge on any atom is -0.473 e. The second-order valence-electron chi connectivity index (χ2n) is 10.8. The van der Waals surface area contributed by atoms with Crippen LogP contribution < -0.4 is 9.64 Å². The summed E-state index contributed by atoms with van der Waals surface area (Å²) < 4.78 is 62.8. The van der Waals surface area contributed by atoms with Crippen LogP contribution in [0.2, 0.25) is 0 Å². The second-order valence-corrected chi connectivity index (χ2v) is 10.8. The fourth-order valence-electron chi connectivity index (χ4n) is 5.31. The summed E-state index contributed by atoms with van der Waals surface area (Å²) in [5.74, 6) is 2.54. The lowest BCUT2D eigenvalue weighted by Gasteiger charge is -2.33. The third kappa shape index (κ3) is 7.94. The molecule has 0 spiro atoms. The molecule has 8 nitrogen and oxygen atoms in total. The average molecular weight is 610 g/mol. The predicted octanol–water partition coefficient (Wildman–Crippen LogP) is 5.31. The normalized spacial score (nSPS) is 18.9. The van der Waals surface area contributed by atoms with Gasteiger partial charge >= 0.3 is 6.18 Å². The van der Waals surface area contributed by atoms with Gasteiger partial charge in [0.25, 0.3) is 0 Å². The summed E-state index contributed by atoms with van der Waals surface area (Å²) in [7, 11) is 0. The third-order valence-electron chi connectivity index (χ3n) is 7.60. The number of ketones is 1. The Morgan fingerprint density at radius 2 is 1.95 bits per heavy atom. The lowest BCUT2D eigenvalue weighted by molar-refractivity contribution is -0.137. The molecule has 4 heterocycles. The highest BCUT2D eigenvalue weighted by atomic mass is 19.4. The number of hydrogen-bond donors (Lipinski definition) is 0. The van der Waals surface area contributed by atoms with Gasteiger partial charge in [-0.1, -0.05) is 18.1 Å². The van der Waals surface area contributed by atoms with E-state index in [2.05, 4.69) is 15.8 Å². The van der Waals surface area contributed by atoms with Gasteiger partial charge in [-0.2, -0.15) is 13.2 Å². The van der Waals surface area contributed by atoms with Crippen LogP contribution in [0.25, 0.3) is 11.1 Å². The number of carbonyl (C=O) groups is 1. The standard InChI is InChI=1S/C33H34F3N3O5/c1-3-10-42-21-28-18-27(7-11-43-28)44-32-30(39-8-12-41-13-9-39)17-25(20-38-32)29-14-23(19-37-22(29)2)15-31(40)24-5-4-6-26(16-24)33(34,35)36/h1,4-6,14,16-17,19-20,27-28H,7-13,15,18,21H2,2H3/t27-,28-/m1/s1. The van der Waals surface area contributed by atoms with Gasteiger partial charge in [0.05, 0.1) is 38.1 Å². The number of terminal acetylenes is 1. The summed E-state index contributed by atoms with van der Waals surface area (Å²) in [5, 5.41) is 0. The number of nitrogens with zero attached hydrogens (tertiary/aromatic N) is 3. The highest BCUT2D eigenvalue weighted by Gasteiger charge is 2.31. The monoisotopic (exact) mass is 609 g/mol. The number of ether oxygens (including phenoxy) is 4. The molecular formula is C33H34F3N3O5. The van der Waals surface area contributed by atoms with Gasteiger partial charge in [0.2, 0.25) is 5.88 Å². The van der Waals surface area contributed by atoms with Gasteiger partial charge in [0, 0.05) is 67.1 Å². The molecule has 0 radical (unpaired) electrons. The number of halogens is 3. The average Bonchev–Trinajstić information content (AvgIpc) is 3.03. The number of alkyl halides is 3. The van der Waals surface area contributed by atoms with E-state index in [-0.39, 0.29) is 30.8 Å². The van der Waals surface area contributed by atoms with Crippen LogP contribution in [-0.4, -0.2) is 74.1 Å². The Bertz CT molecular complexity index is 1500. The molecular weight excluding hydrogens is 575 g/mol. The predicted molar refractivity (Wildman–Crippen MR) is 158 cm³/mol. The van der Waals surface area contributed by atoms with E-state index < -0.39 is 17.5 Å². The van der Waals surface area contributed by atoms with Gasteiger partial charge in [-0.3, -0.25) is 9.78 Å². The number of rotatable bonds is 10. The molecule has 2 aliphatic heterocycles. The van der Waals surface area contributed by atoms with Crippen molar-refractivity contribution in [2.45, 2.75) is 44.6 Å². The Balaban J connectivity index is 1.38. The van der Waals surface area contributed by atoms with Crippen LogP contribution in [0.15, 0.2) is 48.8 Å². The minimum atomic E-state index is -4.53. The van der Waals surface area contributed by atoms with Gasteiger partial charge in [0.15, 0.2) is 5.78 Å². The Labute approximate surface area is 254 Å². The first-order valence-corrected chi connectivity index (χ1v) is 14.5. The van der Waals surface area contributed by atoms with Crippen molar-refractivity contribution in [1.29, 1.82) is 0 Å². The fraction of sp³-hybridized carbons (Fsp3) is 0.424. The fourth-order valence-corrected chi connectivity index (χ4v) is 5.31. The summed E-state index contributed by atoms with van der Waals surface area (Å²) in [6.45, 7) is 5.50. The van der Waals surface area contributed by atoms with Crippen molar-refractivity contribution in [2.75, 3.05) is 51.0 Å². The molecule has 1 aromatic carbocycles. The van der Waals surface area contributed by atoms with Crippen molar-refractivity contribution in [3.05, 3.63) is 71.2 Å². The number of benzene rings is 1. The maximum Gasteiger partial charge on any atom is 0.416 e. The molecule has 0 unspecified atom stereocenters. The summed E-state index contributed by atoms with van der Waals surface area (Å²) in [4.78, 5) is 24.3. The quantitative estimate of drug-likeness (QED) is 0.174. The molecule has 2 saturated heterocycles. The van der Waals surface area contributed by atoms with Crippen molar-refractivity contribution >= 4 is 11.5 Å². The van der Waals surface area contributed by atoms with Crippen molar-refractivity contribution in [3.63, 3.8) is 0 Å². The minimum absolute atomic E-state index is 0.00215. The number of Topliss-reactive ketones (excluding diaryl/α,β-unsaturated/α-hetero) is 1. The number of aryl methyl sites for hydroxylation is 1. The zero-order valence-corrected chi connectivity index (χ0v) is 24.4. The molecule has 11 heteroatoms. The largest absolute Gasteiger partial charge is 0.473 e. The van der Waals surface area contributed by atoms with Crippen molar-refractivity contribution in [1.82, 2.24) is 9.97 Å². The zero-order chi connectivity index (χ0) is 31.1. The highest BCUT2D eigenvalue weighted by Crippen LogP contribution is 2.35. The van der Waals surface area contributed by atoms with E-state index in [0.29, 0.717) is 63.8 Å². The SMILES string of the molecule is C#CCOC[C@H]1C[C@H](Oc2ncc(-c3cc(CC(=O)c4cccc(C(F)(F)F)c4)cnc3C)cc2N2CCOCC2)CCO1. The molecule has 44 heavy (non-hydrogen) atoms. The number of pyridine rings is 2. The third-order valence-corrected chi connectivity index (χ3v) is 7.60. The van der Waals surface area contributed by atoms with Gasteiger partial charge in [-0.05, 0) is 36.8 Å². The first-order chi connectivity index (χ1) is 21.2. The first-order valence-electron chi connectivity index (χ1n) is 14.5. The Morgan fingerprint density at radius 1 is 1.14 bits per heavy atom. The van der Waals surface area contributed by atoms with E-state index in [1.807, 2.05) is 19.1 Å². The molecule has 5 rings (SSSR count). The van der Waals surface area contributed by atoms with Crippen LogP contribution in [0.1, 0.15) is 40.0 Å². The van der Waals surface area contributed by atoms with E-state index >= 15 is 0 Å². The first kappa shape index (κ1) is 31.4. The molecule has 2 fully saturated rings. The summed E-state index contributed by atoms with van der Waals surface area (Å²) in [6.07, 6.45) is 5.06. The molecule has 0 amide bonds. The van der Waals surface area contributed by atoms with E-state index in [1.165, 1.54) is 12.1 Å². The molecule has 232 valence electrons. The number of carbonyl (C=O) groups excluding carboxylic acids is 1. The topological polar surface area (TPSA) is 83.0 Å². The number of anilines is 1. The summed E-state index contributed by atoms with van der Waals surface area (Å²) >= 11 is 0. The summed E-state index contributed by atoms with van der Waals surface area (Å²) in [6, 6.07) is 8.31. The lowest BCUT2D eigenvalue weighted by Crippen LogP contribution is -2.38. The van der Waals surface area contributed by atoms with Gasteiger partial charge in [-0.25, -0.2) is 4.98 Å². The van der Waals surface area contributed by atoms with Crippen LogP contribution in [0.4, 0.5) is 18.9 Å². The van der Waals surface area contributed by atoms with Crippen LogP contribution in [0, 0.1) is 19.3 Å². The van der Waals surface area contributed by atoms with Crippen molar-refractivity contribution < 1.29 is 36.9 Å². The van der Waals surface area contributed by atoms with Crippen LogP contribution in [0.5, 0.6) is 5.88 Å². The van der Waals surface area contributed by atoms with E-state index in [9.17, 15) is 18.0 Å². The van der Waals surface area contributed by atoms with Gasteiger partial charge < -0.3 is 23.8 Å². The Hall–Kier alpha value is -3.98. The molecule has 0 saturated carbocycles. The maximum atomic E-state index is 13.2. The van der Waals surface area contributed by atoms with Crippen LogP contribution in [0.3, 0.4) is 0 Å². The van der Waals surface area contributed by atoms with Crippen LogP contribution in [-0.2, 0) is 26.8 Å². The van der Waals surface area contributed by atoms with Crippen molar-refractivity contribution in [3.8, 4) is 29.4 Å². The van der Waals surface area contributed by atoms with Gasteiger partial charge in [0.1, 0.15) is 18.4 Å². The molecule has 2 atom stereocenters. The lowest BCUT2D eigenvalue weighted by atomic mass is 9.98. The zero-order valence-electron chi connectivity index (χ0n) is 24.4. The van der Waals surface area contributed by atoms with Gasteiger partial charge in [-0.15, -0.1) is 6.42 Å². The van der Waals surface area contributed by atoms with E-state index in [1.54, 1.807) is 12.4 Å². The Morgan fingerprint density at radius 3 is 2.73 bits per heavy atom. The number of aromatic nitrogens is 2. The maximum absolute atomic E-state index is 13.2. The Kier molecular flexibility index (Phi) is 10.1. The molecule has 3 aromatic rings. The number of hydrogen-bond acceptors (Lipinski definition) is 8. The second kappa shape index (κ2) is 14.2. The number of morpholine rings is 1. The molecule has 2 aliphatic rings. The van der Waals surface area contributed by atoms with E-state index in [4.69, 9.17) is 30.4 Å². The van der Waals surface area contributed by atoms with Crippen LogP contribution >= 0.6 is 0 Å². The highest BCUT2D eigenvalue weighted by molar-refractivity contribution is 5.97. The molecule has 0 N–H and O–H groups in total. The summed E-state index contributed by atoms with van der Waals surface area (Å²) in [5.41, 5.74) is 2.82. The molecule has 0 bridgehead atoms. The smallest absolute Gasteiger partial charge is 0.416 e. The van der Waals surface area contributed by atoms with E-state index in [0.717, 1.165) is 34.6 Å². The molecule has 2 aromatic heterocycles. The van der Waals surface area contributed by atoms with Crippen molar-refractivity contribution in [2.24, 2.45) is 0 Å².